The number of carbonyl (C=O) groups is 1. The van der Waals surface area contributed by atoms with Crippen LogP contribution in [0, 0.1) is 17.8 Å². The van der Waals surface area contributed by atoms with Gasteiger partial charge in [-0.05, 0) is 31.6 Å². The van der Waals surface area contributed by atoms with E-state index in [1.165, 1.54) is 0 Å². The van der Waals surface area contributed by atoms with E-state index < -0.39 is 30.1 Å². The summed E-state index contributed by atoms with van der Waals surface area (Å²) < 4.78 is 52.5. The van der Waals surface area contributed by atoms with E-state index in [4.69, 9.17) is 0 Å². The maximum atomic E-state index is 14.1. The summed E-state index contributed by atoms with van der Waals surface area (Å²) in [6.45, 7) is 2.02. The number of nitrogens with one attached hydrogen (secondary N) is 1. The van der Waals surface area contributed by atoms with Gasteiger partial charge in [-0.3, -0.25) is 4.79 Å². The van der Waals surface area contributed by atoms with E-state index >= 15 is 0 Å². The predicted octanol–water partition coefficient (Wildman–Crippen LogP) is 4.00. The van der Waals surface area contributed by atoms with Crippen LogP contribution in [0.2, 0.25) is 0 Å². The summed E-state index contributed by atoms with van der Waals surface area (Å²) in [5.41, 5.74) is 0. The van der Waals surface area contributed by atoms with Gasteiger partial charge < -0.3 is 5.32 Å². The summed E-state index contributed by atoms with van der Waals surface area (Å²) >= 11 is 0. The third-order valence-corrected chi connectivity index (χ3v) is 5.00. The average molecular weight is 309 g/mol. The van der Waals surface area contributed by atoms with Gasteiger partial charge in [0.1, 0.15) is 6.17 Å². The van der Waals surface area contributed by atoms with Crippen molar-refractivity contribution in [2.45, 2.75) is 70.3 Å². The van der Waals surface area contributed by atoms with E-state index in [1.807, 2.05) is 6.92 Å². The summed E-state index contributed by atoms with van der Waals surface area (Å²) in [5, 5.41) is 2.79. The van der Waals surface area contributed by atoms with Crippen molar-refractivity contribution in [2.75, 3.05) is 0 Å². The van der Waals surface area contributed by atoms with E-state index in [0.29, 0.717) is 5.92 Å². The molecular formula is C15H23F4NO. The van der Waals surface area contributed by atoms with Gasteiger partial charge in [0, 0.05) is 6.04 Å². The van der Waals surface area contributed by atoms with E-state index in [-0.39, 0.29) is 25.3 Å². The van der Waals surface area contributed by atoms with E-state index in [9.17, 15) is 22.4 Å². The summed E-state index contributed by atoms with van der Waals surface area (Å²) in [5.74, 6) is -3.37. The van der Waals surface area contributed by atoms with Gasteiger partial charge in [-0.1, -0.05) is 26.2 Å². The highest BCUT2D eigenvalue weighted by Gasteiger charge is 2.51. The second kappa shape index (κ2) is 6.53. The van der Waals surface area contributed by atoms with E-state index in [1.54, 1.807) is 0 Å². The number of hydrogen-bond acceptors (Lipinski definition) is 1. The maximum Gasteiger partial charge on any atom is 0.394 e. The van der Waals surface area contributed by atoms with Crippen molar-refractivity contribution < 1.29 is 22.4 Å². The van der Waals surface area contributed by atoms with E-state index in [2.05, 4.69) is 5.32 Å². The molecule has 2 saturated carbocycles. The van der Waals surface area contributed by atoms with Crippen molar-refractivity contribution in [2.24, 2.45) is 17.8 Å². The van der Waals surface area contributed by atoms with E-state index in [0.717, 1.165) is 25.7 Å². The molecule has 2 rings (SSSR count). The van der Waals surface area contributed by atoms with Gasteiger partial charge in [0.05, 0.1) is 11.8 Å². The summed E-state index contributed by atoms with van der Waals surface area (Å²) in [6, 6.07) is -0.0234. The molecule has 2 nitrogen and oxygen atoms in total. The van der Waals surface area contributed by atoms with Crippen LogP contribution in [0.15, 0.2) is 0 Å². The van der Waals surface area contributed by atoms with Crippen LogP contribution in [0.4, 0.5) is 17.6 Å². The number of halogens is 4. The largest absolute Gasteiger partial charge is 0.394 e. The molecule has 1 amide bonds. The predicted molar refractivity (Wildman–Crippen MR) is 71.3 cm³/mol. The van der Waals surface area contributed by atoms with Crippen LogP contribution in [-0.4, -0.2) is 24.3 Å². The van der Waals surface area contributed by atoms with Gasteiger partial charge in [0.2, 0.25) is 5.91 Å². The van der Waals surface area contributed by atoms with Crippen molar-refractivity contribution in [1.82, 2.24) is 5.32 Å². The molecule has 21 heavy (non-hydrogen) atoms. The molecule has 0 aromatic rings. The fourth-order valence-electron chi connectivity index (χ4n) is 3.60. The van der Waals surface area contributed by atoms with Crippen LogP contribution in [-0.2, 0) is 4.79 Å². The molecule has 0 aromatic heterocycles. The molecule has 0 aromatic carbocycles. The normalized spacial score (nSPS) is 38.0. The Morgan fingerprint density at radius 3 is 2.33 bits per heavy atom. The molecular weight excluding hydrogens is 286 g/mol. The minimum atomic E-state index is -4.56. The zero-order chi connectivity index (χ0) is 15.6. The number of alkyl halides is 4. The van der Waals surface area contributed by atoms with Crippen molar-refractivity contribution in [3.8, 4) is 0 Å². The van der Waals surface area contributed by atoms with Crippen LogP contribution in [0.1, 0.15) is 51.9 Å². The fourth-order valence-corrected chi connectivity index (χ4v) is 3.60. The van der Waals surface area contributed by atoms with Gasteiger partial charge in [-0.2, -0.15) is 13.2 Å². The van der Waals surface area contributed by atoms with Crippen LogP contribution in [0.25, 0.3) is 0 Å². The number of carbonyl (C=O) groups excluding carboxylic acids is 1. The highest BCUT2D eigenvalue weighted by molar-refractivity contribution is 5.79. The molecule has 6 heteroatoms. The fraction of sp³-hybridized carbons (Fsp3) is 0.933. The lowest BCUT2D eigenvalue weighted by molar-refractivity contribution is -0.204. The first-order valence-corrected chi connectivity index (χ1v) is 7.82. The van der Waals surface area contributed by atoms with Crippen LogP contribution in [0.3, 0.4) is 0 Å². The highest BCUT2D eigenvalue weighted by Crippen LogP contribution is 2.42. The number of hydrogen-bond donors (Lipinski definition) is 1. The number of rotatable bonds is 2. The molecule has 2 aliphatic carbocycles. The monoisotopic (exact) mass is 309 g/mol. The maximum absolute atomic E-state index is 14.1. The molecule has 0 heterocycles. The van der Waals surface area contributed by atoms with Gasteiger partial charge in [0.15, 0.2) is 0 Å². The smallest absolute Gasteiger partial charge is 0.353 e. The van der Waals surface area contributed by atoms with Crippen LogP contribution >= 0.6 is 0 Å². The highest BCUT2D eigenvalue weighted by atomic mass is 19.4. The van der Waals surface area contributed by atoms with Gasteiger partial charge >= 0.3 is 6.18 Å². The molecule has 0 spiro atoms. The lowest BCUT2D eigenvalue weighted by atomic mass is 9.78. The lowest BCUT2D eigenvalue weighted by Crippen LogP contribution is -2.49. The molecule has 122 valence electrons. The second-order valence-corrected chi connectivity index (χ2v) is 6.51. The minimum absolute atomic E-state index is 0.0234. The van der Waals surface area contributed by atoms with Gasteiger partial charge in [0.25, 0.3) is 0 Å². The Morgan fingerprint density at radius 2 is 1.71 bits per heavy atom. The molecule has 2 aliphatic rings. The second-order valence-electron chi connectivity index (χ2n) is 6.51. The lowest BCUT2D eigenvalue weighted by Gasteiger charge is -2.36. The summed E-state index contributed by atoms with van der Waals surface area (Å²) in [6.07, 6.45) is -2.48. The van der Waals surface area contributed by atoms with Crippen molar-refractivity contribution >= 4 is 5.91 Å². The molecule has 1 N–H and O–H groups in total. The topological polar surface area (TPSA) is 29.1 Å². The minimum Gasteiger partial charge on any atom is -0.353 e. The Kier molecular flexibility index (Phi) is 5.15. The standard InChI is InChI=1S/C15H23F4NO/c1-9-5-2-3-8-12(9)20-14(21)10-6-4-7-11(13(10)16)15(17,18)19/h9-13H,2-8H2,1H3,(H,20,21). The molecule has 5 atom stereocenters. The first-order valence-electron chi connectivity index (χ1n) is 7.82. The first-order chi connectivity index (χ1) is 9.80. The van der Waals surface area contributed by atoms with Crippen LogP contribution in [0.5, 0.6) is 0 Å². The van der Waals surface area contributed by atoms with Gasteiger partial charge in [-0.25, -0.2) is 4.39 Å². The molecule has 5 unspecified atom stereocenters. The van der Waals surface area contributed by atoms with Crippen molar-refractivity contribution in [1.29, 1.82) is 0 Å². The zero-order valence-corrected chi connectivity index (χ0v) is 12.3. The molecule has 0 radical (unpaired) electrons. The third kappa shape index (κ3) is 3.89. The quantitative estimate of drug-likeness (QED) is 0.768. The number of amides is 1. The Bertz CT molecular complexity index is 371. The summed E-state index contributed by atoms with van der Waals surface area (Å²) in [7, 11) is 0. The summed E-state index contributed by atoms with van der Waals surface area (Å²) in [4.78, 5) is 12.2. The molecule has 0 aliphatic heterocycles. The SMILES string of the molecule is CC1CCCCC1NC(=O)C1CCCC(C(F)(F)F)C1F. The Morgan fingerprint density at radius 1 is 1.05 bits per heavy atom. The third-order valence-electron chi connectivity index (χ3n) is 5.00. The van der Waals surface area contributed by atoms with Gasteiger partial charge in [-0.15, -0.1) is 0 Å². The first kappa shape index (κ1) is 16.6. The van der Waals surface area contributed by atoms with Crippen molar-refractivity contribution in [3.63, 3.8) is 0 Å². The van der Waals surface area contributed by atoms with Crippen LogP contribution < -0.4 is 5.32 Å². The Balaban J connectivity index is 1.98. The Labute approximate surface area is 122 Å². The zero-order valence-electron chi connectivity index (χ0n) is 12.3. The molecule has 0 bridgehead atoms. The Hall–Kier alpha value is -0.810. The molecule has 2 fully saturated rings. The molecule has 0 saturated heterocycles. The van der Waals surface area contributed by atoms with Crippen molar-refractivity contribution in [3.05, 3.63) is 0 Å². The average Bonchev–Trinajstić information content (AvgIpc) is 2.40.